The van der Waals surface area contributed by atoms with Gasteiger partial charge in [-0.2, -0.15) is 4.52 Å². The highest BCUT2D eigenvalue weighted by atomic mass is 32.2. The summed E-state index contributed by atoms with van der Waals surface area (Å²) in [6.45, 7) is 2.04. The molecule has 14 heavy (non-hydrogen) atoms. The van der Waals surface area contributed by atoms with Crippen LogP contribution in [0.3, 0.4) is 0 Å². The van der Waals surface area contributed by atoms with Gasteiger partial charge in [0.15, 0.2) is 5.65 Å². The summed E-state index contributed by atoms with van der Waals surface area (Å²) in [5.74, 6) is 0. The molecule has 2 heterocycles. The minimum atomic E-state index is 0.103. The molecule has 1 N–H and O–H groups in total. The van der Waals surface area contributed by atoms with Crippen LogP contribution < -0.4 is 0 Å². The molecule has 0 aromatic carbocycles. The van der Waals surface area contributed by atoms with Crippen molar-refractivity contribution in [3.05, 3.63) is 12.4 Å². The molecule has 2 rings (SSSR count). The summed E-state index contributed by atoms with van der Waals surface area (Å²) in [7, 11) is 0. The second-order valence-corrected chi connectivity index (χ2v) is 4.26. The van der Waals surface area contributed by atoms with E-state index in [-0.39, 0.29) is 11.9 Å². The molecule has 0 fully saturated rings. The number of hydrogen-bond donors (Lipinski definition) is 1. The zero-order chi connectivity index (χ0) is 9.97. The van der Waals surface area contributed by atoms with E-state index >= 15 is 0 Å². The van der Waals surface area contributed by atoms with Crippen molar-refractivity contribution in [1.29, 1.82) is 0 Å². The van der Waals surface area contributed by atoms with Crippen LogP contribution in [-0.2, 0) is 0 Å². The molecular weight excluding hydrogens is 202 g/mol. The predicted molar refractivity (Wildman–Crippen MR) is 51.0 cm³/mol. The smallest absolute Gasteiger partial charge is 0.198 e. The third kappa shape index (κ3) is 1.68. The average Bonchev–Trinajstić information content (AvgIpc) is 2.66. The molecule has 0 amide bonds. The second kappa shape index (κ2) is 3.89. The van der Waals surface area contributed by atoms with Crippen LogP contribution in [0.15, 0.2) is 17.4 Å². The minimum absolute atomic E-state index is 0.103. The van der Waals surface area contributed by atoms with Crippen molar-refractivity contribution < 1.29 is 5.11 Å². The van der Waals surface area contributed by atoms with Gasteiger partial charge in [0, 0.05) is 5.25 Å². The first-order valence-electron chi connectivity index (χ1n) is 4.11. The number of thioether (sulfide) groups is 1. The van der Waals surface area contributed by atoms with Gasteiger partial charge in [-0.3, -0.25) is 4.98 Å². The lowest BCUT2D eigenvalue weighted by Crippen LogP contribution is -2.04. The van der Waals surface area contributed by atoms with Gasteiger partial charge in [-0.25, -0.2) is 0 Å². The Morgan fingerprint density at radius 2 is 2.43 bits per heavy atom. The highest BCUT2D eigenvalue weighted by molar-refractivity contribution is 7.99. The van der Waals surface area contributed by atoms with E-state index in [4.69, 9.17) is 5.11 Å². The van der Waals surface area contributed by atoms with Crippen LogP contribution >= 0.6 is 11.8 Å². The van der Waals surface area contributed by atoms with Crippen LogP contribution in [0.4, 0.5) is 0 Å². The molecule has 7 heteroatoms. The molecule has 0 saturated carbocycles. The summed E-state index contributed by atoms with van der Waals surface area (Å²) < 4.78 is 1.60. The quantitative estimate of drug-likeness (QED) is 0.720. The van der Waals surface area contributed by atoms with Gasteiger partial charge in [0.2, 0.25) is 0 Å². The lowest BCUT2D eigenvalue weighted by atomic mass is 10.5. The molecule has 0 aliphatic heterocycles. The Balaban J connectivity index is 2.36. The van der Waals surface area contributed by atoms with E-state index in [2.05, 4.69) is 20.5 Å². The van der Waals surface area contributed by atoms with Crippen molar-refractivity contribution in [2.75, 3.05) is 6.61 Å². The van der Waals surface area contributed by atoms with E-state index in [9.17, 15) is 0 Å². The normalized spacial score (nSPS) is 13.3. The van der Waals surface area contributed by atoms with Gasteiger partial charge in [-0.1, -0.05) is 18.7 Å². The van der Waals surface area contributed by atoms with Gasteiger partial charge in [-0.15, -0.1) is 5.10 Å². The molecule has 1 atom stereocenters. The minimum Gasteiger partial charge on any atom is -0.395 e. The highest BCUT2D eigenvalue weighted by Crippen LogP contribution is 2.21. The number of rotatable bonds is 3. The monoisotopic (exact) mass is 211 g/mol. The molecule has 0 spiro atoms. The molecule has 1 unspecified atom stereocenters. The second-order valence-electron chi connectivity index (χ2n) is 2.81. The molecular formula is C7H9N5OS. The molecule has 0 radical (unpaired) electrons. The fourth-order valence-electron chi connectivity index (χ4n) is 0.978. The van der Waals surface area contributed by atoms with Crippen LogP contribution in [0, 0.1) is 0 Å². The summed E-state index contributed by atoms with van der Waals surface area (Å²) >= 11 is 1.49. The van der Waals surface area contributed by atoms with Crippen molar-refractivity contribution >= 4 is 17.4 Å². The topological polar surface area (TPSA) is 76.2 Å². The van der Waals surface area contributed by atoms with Crippen molar-refractivity contribution in [2.45, 2.75) is 17.2 Å². The highest BCUT2D eigenvalue weighted by Gasteiger charge is 2.08. The largest absolute Gasteiger partial charge is 0.395 e. The first-order valence-corrected chi connectivity index (χ1v) is 4.99. The maximum atomic E-state index is 8.92. The molecule has 2 aromatic rings. The zero-order valence-electron chi connectivity index (χ0n) is 7.53. The SMILES string of the molecule is CC(CO)Sc1cncc2nnnn12. The van der Waals surface area contributed by atoms with Crippen LogP contribution in [0.5, 0.6) is 0 Å². The Labute approximate surface area is 84.3 Å². The van der Waals surface area contributed by atoms with E-state index in [1.165, 1.54) is 11.8 Å². The van der Waals surface area contributed by atoms with Crippen molar-refractivity contribution in [3.8, 4) is 0 Å². The molecule has 2 aromatic heterocycles. The fourth-order valence-corrected chi connectivity index (χ4v) is 1.82. The number of aromatic nitrogens is 5. The third-order valence-electron chi connectivity index (χ3n) is 1.66. The lowest BCUT2D eigenvalue weighted by molar-refractivity contribution is 0.300. The van der Waals surface area contributed by atoms with Crippen LogP contribution in [0.2, 0.25) is 0 Å². The van der Waals surface area contributed by atoms with Gasteiger partial charge in [0.1, 0.15) is 5.03 Å². The Morgan fingerprint density at radius 1 is 1.57 bits per heavy atom. The number of fused-ring (bicyclic) bond motifs is 1. The Bertz CT molecular complexity index is 431. The van der Waals surface area contributed by atoms with E-state index in [1.54, 1.807) is 16.9 Å². The summed E-state index contributed by atoms with van der Waals surface area (Å²) in [6, 6.07) is 0. The average molecular weight is 211 g/mol. The summed E-state index contributed by atoms with van der Waals surface area (Å²) in [5, 5.41) is 21.0. The molecule has 0 bridgehead atoms. The number of aliphatic hydroxyl groups is 1. The molecule has 6 nitrogen and oxygen atoms in total. The van der Waals surface area contributed by atoms with Crippen LogP contribution in [0.1, 0.15) is 6.92 Å². The van der Waals surface area contributed by atoms with Gasteiger partial charge < -0.3 is 5.11 Å². The van der Waals surface area contributed by atoms with Gasteiger partial charge in [0.25, 0.3) is 0 Å². The maximum Gasteiger partial charge on any atom is 0.198 e. The predicted octanol–water partition coefficient (Wildman–Crippen LogP) is -0.00780. The zero-order valence-corrected chi connectivity index (χ0v) is 8.35. The van der Waals surface area contributed by atoms with Crippen molar-refractivity contribution in [3.63, 3.8) is 0 Å². The Hall–Kier alpha value is -1.21. The fraction of sp³-hybridized carbons (Fsp3) is 0.429. The first kappa shape index (κ1) is 9.35. The molecule has 0 aliphatic carbocycles. The van der Waals surface area contributed by atoms with E-state index < -0.39 is 0 Å². The van der Waals surface area contributed by atoms with E-state index in [0.717, 1.165) is 5.03 Å². The van der Waals surface area contributed by atoms with Crippen molar-refractivity contribution in [1.82, 2.24) is 25.0 Å². The first-order chi connectivity index (χ1) is 6.81. The van der Waals surface area contributed by atoms with E-state index in [0.29, 0.717) is 5.65 Å². The van der Waals surface area contributed by atoms with Crippen LogP contribution in [-0.4, -0.2) is 42.0 Å². The molecule has 74 valence electrons. The van der Waals surface area contributed by atoms with Gasteiger partial charge >= 0.3 is 0 Å². The maximum absolute atomic E-state index is 8.92. The van der Waals surface area contributed by atoms with Crippen molar-refractivity contribution in [2.24, 2.45) is 0 Å². The third-order valence-corrected chi connectivity index (χ3v) is 2.73. The summed E-state index contributed by atoms with van der Waals surface area (Å²) in [4.78, 5) is 4.01. The van der Waals surface area contributed by atoms with E-state index in [1.807, 2.05) is 6.92 Å². The lowest BCUT2D eigenvalue weighted by Gasteiger charge is -2.06. The summed E-state index contributed by atoms with van der Waals surface area (Å²) in [6.07, 6.45) is 3.27. The standard InChI is InChI=1S/C7H9N5OS/c1-5(4-13)14-7-3-8-2-6-9-10-11-12(6)7/h2-3,5,13H,4H2,1H3. The number of aliphatic hydroxyl groups excluding tert-OH is 1. The van der Waals surface area contributed by atoms with Gasteiger partial charge in [0.05, 0.1) is 19.0 Å². The number of hydrogen-bond acceptors (Lipinski definition) is 6. The Kier molecular flexibility index (Phi) is 2.60. The number of nitrogens with zero attached hydrogens (tertiary/aromatic N) is 5. The summed E-state index contributed by atoms with van der Waals surface area (Å²) in [5.41, 5.74) is 0.611. The van der Waals surface area contributed by atoms with Gasteiger partial charge in [-0.05, 0) is 10.4 Å². The molecule has 0 aliphatic rings. The molecule has 0 saturated heterocycles. The Morgan fingerprint density at radius 3 is 3.21 bits per heavy atom. The number of tetrazole rings is 1. The van der Waals surface area contributed by atoms with Crippen LogP contribution in [0.25, 0.3) is 5.65 Å².